The molecule has 1 amide bonds. The van der Waals surface area contributed by atoms with Crippen LogP contribution in [0.1, 0.15) is 47.6 Å². The Morgan fingerprint density at radius 1 is 1.03 bits per heavy atom. The van der Waals surface area contributed by atoms with Crippen LogP contribution in [0, 0.1) is 33.1 Å². The van der Waals surface area contributed by atoms with Crippen LogP contribution in [0.4, 0.5) is 0 Å². The highest BCUT2D eigenvalue weighted by atomic mass is 32.2. The van der Waals surface area contributed by atoms with Gasteiger partial charge in [-0.3, -0.25) is 4.79 Å². The van der Waals surface area contributed by atoms with Crippen LogP contribution >= 0.6 is 0 Å². The highest BCUT2D eigenvalue weighted by molar-refractivity contribution is 7.89. The highest BCUT2D eigenvalue weighted by Gasteiger charge is 2.42. The van der Waals surface area contributed by atoms with E-state index in [1.807, 2.05) is 65.0 Å². The SMILES string of the molecule is Cc1cc(C)c(S(=O)(=O)N2CCC[C@](C)(C(=O)NCc3ccccc3C)C2)cc1C. The molecule has 0 bridgehead atoms. The van der Waals surface area contributed by atoms with Gasteiger partial charge in [0.15, 0.2) is 0 Å². The Morgan fingerprint density at radius 2 is 1.70 bits per heavy atom. The summed E-state index contributed by atoms with van der Waals surface area (Å²) in [6, 6.07) is 11.6. The van der Waals surface area contributed by atoms with Gasteiger partial charge >= 0.3 is 0 Å². The molecule has 1 saturated heterocycles. The summed E-state index contributed by atoms with van der Waals surface area (Å²) in [4.78, 5) is 13.4. The van der Waals surface area contributed by atoms with Crippen molar-refractivity contribution in [2.75, 3.05) is 13.1 Å². The summed E-state index contributed by atoms with van der Waals surface area (Å²) in [7, 11) is -3.66. The van der Waals surface area contributed by atoms with Crippen molar-refractivity contribution >= 4 is 15.9 Å². The highest BCUT2D eigenvalue weighted by Crippen LogP contribution is 2.34. The zero-order valence-corrected chi connectivity index (χ0v) is 19.4. The van der Waals surface area contributed by atoms with Gasteiger partial charge in [0.05, 0.1) is 10.3 Å². The van der Waals surface area contributed by atoms with E-state index in [4.69, 9.17) is 0 Å². The molecule has 162 valence electrons. The van der Waals surface area contributed by atoms with E-state index in [9.17, 15) is 13.2 Å². The second kappa shape index (κ2) is 8.52. The number of piperidine rings is 1. The first-order chi connectivity index (χ1) is 14.0. The summed E-state index contributed by atoms with van der Waals surface area (Å²) < 4.78 is 28.3. The lowest BCUT2D eigenvalue weighted by Crippen LogP contribution is -2.51. The summed E-state index contributed by atoms with van der Waals surface area (Å²) in [5.41, 5.74) is 4.22. The fourth-order valence-corrected chi connectivity index (χ4v) is 6.03. The predicted molar refractivity (Wildman–Crippen MR) is 120 cm³/mol. The molecule has 30 heavy (non-hydrogen) atoms. The Kier molecular flexibility index (Phi) is 6.39. The van der Waals surface area contributed by atoms with Gasteiger partial charge in [-0.25, -0.2) is 8.42 Å². The molecule has 0 unspecified atom stereocenters. The van der Waals surface area contributed by atoms with Gasteiger partial charge in [-0.2, -0.15) is 4.31 Å². The molecule has 0 spiro atoms. The van der Waals surface area contributed by atoms with Crippen molar-refractivity contribution < 1.29 is 13.2 Å². The molecule has 1 aliphatic rings. The second-order valence-electron chi connectivity index (χ2n) is 8.81. The Balaban J connectivity index is 1.79. The summed E-state index contributed by atoms with van der Waals surface area (Å²) in [5.74, 6) is -0.0949. The minimum atomic E-state index is -3.66. The molecular formula is C24H32N2O3S. The molecule has 0 aromatic heterocycles. The van der Waals surface area contributed by atoms with Gasteiger partial charge in [-0.15, -0.1) is 0 Å². The molecule has 3 rings (SSSR count). The number of rotatable bonds is 5. The maximum atomic E-state index is 13.4. The van der Waals surface area contributed by atoms with Gasteiger partial charge in [0, 0.05) is 19.6 Å². The number of nitrogens with one attached hydrogen (secondary N) is 1. The number of benzene rings is 2. The van der Waals surface area contributed by atoms with E-state index in [-0.39, 0.29) is 12.5 Å². The maximum Gasteiger partial charge on any atom is 0.243 e. The van der Waals surface area contributed by atoms with Crippen LogP contribution in [0.5, 0.6) is 0 Å². The smallest absolute Gasteiger partial charge is 0.243 e. The number of nitrogens with zero attached hydrogens (tertiary/aromatic N) is 1. The zero-order chi connectivity index (χ0) is 22.1. The van der Waals surface area contributed by atoms with Crippen molar-refractivity contribution in [1.29, 1.82) is 0 Å². The molecule has 1 atom stereocenters. The van der Waals surface area contributed by atoms with Crippen LogP contribution in [-0.4, -0.2) is 31.7 Å². The van der Waals surface area contributed by atoms with Crippen LogP contribution in [0.2, 0.25) is 0 Å². The minimum absolute atomic E-state index is 0.0949. The fourth-order valence-electron chi connectivity index (χ4n) is 4.13. The van der Waals surface area contributed by atoms with E-state index in [2.05, 4.69) is 5.32 Å². The molecule has 1 aliphatic heterocycles. The number of sulfonamides is 1. The third kappa shape index (κ3) is 4.44. The van der Waals surface area contributed by atoms with E-state index >= 15 is 0 Å². The van der Waals surface area contributed by atoms with Crippen molar-refractivity contribution in [3.63, 3.8) is 0 Å². The molecule has 0 aliphatic carbocycles. The van der Waals surface area contributed by atoms with Crippen LogP contribution in [0.25, 0.3) is 0 Å². The molecule has 6 heteroatoms. The summed E-state index contributed by atoms with van der Waals surface area (Å²) in [5, 5.41) is 3.03. The van der Waals surface area contributed by atoms with E-state index in [0.29, 0.717) is 30.8 Å². The molecule has 1 heterocycles. The van der Waals surface area contributed by atoms with Crippen molar-refractivity contribution in [1.82, 2.24) is 9.62 Å². The predicted octanol–water partition coefficient (Wildman–Crippen LogP) is 4.03. The van der Waals surface area contributed by atoms with E-state index < -0.39 is 15.4 Å². The Hall–Kier alpha value is -2.18. The standard InChI is InChI=1S/C24H32N2O3S/c1-17-9-6-7-10-21(17)15-25-23(27)24(5)11-8-12-26(16-24)30(28,29)22-14-19(3)18(2)13-20(22)4/h6-7,9-10,13-14H,8,11-12,15-16H2,1-5H3,(H,25,27)/t24-/m0/s1. The molecule has 1 N–H and O–H groups in total. The lowest BCUT2D eigenvalue weighted by molar-refractivity contribution is -0.132. The van der Waals surface area contributed by atoms with Gasteiger partial charge in [-0.05, 0) is 81.3 Å². The van der Waals surface area contributed by atoms with Gasteiger partial charge in [0.2, 0.25) is 15.9 Å². The maximum absolute atomic E-state index is 13.4. The molecule has 0 saturated carbocycles. The van der Waals surface area contributed by atoms with Gasteiger partial charge in [-0.1, -0.05) is 30.3 Å². The molecule has 2 aromatic rings. The van der Waals surface area contributed by atoms with Crippen molar-refractivity contribution in [3.05, 3.63) is 64.2 Å². The van der Waals surface area contributed by atoms with Gasteiger partial charge in [0.25, 0.3) is 0 Å². The first kappa shape index (κ1) is 22.5. The summed E-state index contributed by atoms with van der Waals surface area (Å²) in [6.07, 6.45) is 1.34. The topological polar surface area (TPSA) is 66.5 Å². The van der Waals surface area contributed by atoms with Crippen molar-refractivity contribution in [3.8, 4) is 0 Å². The van der Waals surface area contributed by atoms with E-state index in [1.165, 1.54) is 4.31 Å². The largest absolute Gasteiger partial charge is 0.352 e. The minimum Gasteiger partial charge on any atom is -0.352 e. The van der Waals surface area contributed by atoms with Crippen molar-refractivity contribution in [2.24, 2.45) is 5.41 Å². The first-order valence-corrected chi connectivity index (χ1v) is 11.9. The van der Waals surface area contributed by atoms with E-state index in [0.717, 1.165) is 27.8 Å². The van der Waals surface area contributed by atoms with Crippen LogP contribution in [0.15, 0.2) is 41.3 Å². The monoisotopic (exact) mass is 428 g/mol. The Labute approximate surface area is 180 Å². The number of carbonyl (C=O) groups is 1. The number of hydrogen-bond donors (Lipinski definition) is 1. The van der Waals surface area contributed by atoms with Gasteiger partial charge < -0.3 is 5.32 Å². The average molecular weight is 429 g/mol. The quantitative estimate of drug-likeness (QED) is 0.782. The van der Waals surface area contributed by atoms with Gasteiger partial charge in [0.1, 0.15) is 0 Å². The first-order valence-electron chi connectivity index (χ1n) is 10.5. The third-order valence-electron chi connectivity index (χ3n) is 6.32. The second-order valence-corrected chi connectivity index (χ2v) is 10.7. The molecule has 2 aromatic carbocycles. The van der Waals surface area contributed by atoms with Crippen LogP contribution < -0.4 is 5.32 Å². The molecule has 1 fully saturated rings. The number of aryl methyl sites for hydroxylation is 4. The number of carbonyl (C=O) groups excluding carboxylic acids is 1. The molecule has 5 nitrogen and oxygen atoms in total. The lowest BCUT2D eigenvalue weighted by atomic mass is 9.82. The van der Waals surface area contributed by atoms with Crippen LogP contribution in [0.3, 0.4) is 0 Å². The number of amides is 1. The number of hydrogen-bond acceptors (Lipinski definition) is 3. The summed E-state index contributed by atoms with van der Waals surface area (Å²) >= 11 is 0. The van der Waals surface area contributed by atoms with Crippen molar-refractivity contribution in [2.45, 2.75) is 58.9 Å². The lowest BCUT2D eigenvalue weighted by Gasteiger charge is -2.38. The molecule has 0 radical (unpaired) electrons. The zero-order valence-electron chi connectivity index (χ0n) is 18.6. The van der Waals surface area contributed by atoms with E-state index in [1.54, 1.807) is 6.07 Å². The third-order valence-corrected chi connectivity index (χ3v) is 8.31. The Bertz CT molecular complexity index is 1060. The average Bonchev–Trinajstić information content (AvgIpc) is 2.69. The molecular weight excluding hydrogens is 396 g/mol. The normalized spacial score (nSPS) is 20.2. The fraction of sp³-hybridized carbons (Fsp3) is 0.458. The summed E-state index contributed by atoms with van der Waals surface area (Å²) in [6.45, 7) is 10.7. The van der Waals surface area contributed by atoms with Crippen LogP contribution in [-0.2, 0) is 21.4 Å². The Morgan fingerprint density at radius 3 is 2.40 bits per heavy atom.